The van der Waals surface area contributed by atoms with Crippen LogP contribution in [0.2, 0.25) is 0 Å². The molecular formula is C14H17N3O3. The molecule has 0 aliphatic carbocycles. The van der Waals surface area contributed by atoms with Crippen LogP contribution in [0.4, 0.5) is 0 Å². The van der Waals surface area contributed by atoms with Crippen LogP contribution >= 0.6 is 0 Å². The van der Waals surface area contributed by atoms with E-state index in [1.54, 1.807) is 16.8 Å². The molecular weight excluding hydrogens is 258 g/mol. The van der Waals surface area contributed by atoms with Crippen molar-refractivity contribution in [3.8, 4) is 11.5 Å². The predicted molar refractivity (Wildman–Crippen MR) is 73.8 cm³/mol. The van der Waals surface area contributed by atoms with Crippen molar-refractivity contribution >= 4 is 5.91 Å². The van der Waals surface area contributed by atoms with Crippen molar-refractivity contribution in [2.45, 2.75) is 13.5 Å². The number of hydrogen-bond donors (Lipinski definition) is 2. The maximum atomic E-state index is 12.0. The Morgan fingerprint density at radius 1 is 1.50 bits per heavy atom. The molecule has 2 N–H and O–H groups in total. The number of aromatic nitrogens is 2. The number of ether oxygens (including phenoxy) is 1. The van der Waals surface area contributed by atoms with Gasteiger partial charge in [-0.1, -0.05) is 0 Å². The van der Waals surface area contributed by atoms with Crippen LogP contribution in [0.5, 0.6) is 11.5 Å². The molecule has 0 aliphatic rings. The number of methoxy groups -OCH3 is 1. The number of carbonyl (C=O) groups excluding carboxylic acids is 1. The molecule has 2 rings (SSSR count). The molecule has 6 heteroatoms. The lowest BCUT2D eigenvalue weighted by Crippen LogP contribution is -2.22. The van der Waals surface area contributed by atoms with Crippen LogP contribution in [0.1, 0.15) is 21.6 Å². The highest BCUT2D eigenvalue weighted by atomic mass is 16.5. The second-order valence-corrected chi connectivity index (χ2v) is 4.48. The molecule has 1 aromatic heterocycles. The summed E-state index contributed by atoms with van der Waals surface area (Å²) >= 11 is 0. The third kappa shape index (κ3) is 2.90. The normalized spacial score (nSPS) is 10.3. The smallest absolute Gasteiger partial charge is 0.251 e. The van der Waals surface area contributed by atoms with E-state index in [0.29, 0.717) is 17.9 Å². The number of phenolic OH excluding ortho intramolecular Hbond substituents is 1. The quantitative estimate of drug-likeness (QED) is 0.883. The standard InChI is InChI=1S/C14H17N3O3/c1-9-11(8-17(2)16-9)7-15-14(19)10-4-5-13(20-3)12(18)6-10/h4-6,8,18H,7H2,1-3H3,(H,15,19). The van der Waals surface area contributed by atoms with Gasteiger partial charge in [0, 0.05) is 30.9 Å². The summed E-state index contributed by atoms with van der Waals surface area (Å²) in [6.45, 7) is 2.28. The van der Waals surface area contributed by atoms with Crippen molar-refractivity contribution in [3.63, 3.8) is 0 Å². The fourth-order valence-electron chi connectivity index (χ4n) is 1.93. The number of aromatic hydroxyl groups is 1. The van der Waals surface area contributed by atoms with Gasteiger partial charge in [0.25, 0.3) is 5.91 Å². The van der Waals surface area contributed by atoms with Gasteiger partial charge in [-0.05, 0) is 25.1 Å². The Kier molecular flexibility index (Phi) is 3.93. The average Bonchev–Trinajstić information content (AvgIpc) is 2.74. The van der Waals surface area contributed by atoms with E-state index in [-0.39, 0.29) is 11.7 Å². The third-order valence-corrected chi connectivity index (χ3v) is 3.00. The summed E-state index contributed by atoms with van der Waals surface area (Å²) in [5.74, 6) is 0.0218. The molecule has 1 heterocycles. The number of benzene rings is 1. The summed E-state index contributed by atoms with van der Waals surface area (Å²) in [7, 11) is 3.29. The maximum Gasteiger partial charge on any atom is 0.251 e. The average molecular weight is 275 g/mol. The van der Waals surface area contributed by atoms with Crippen molar-refractivity contribution in [3.05, 3.63) is 41.2 Å². The number of rotatable bonds is 4. The zero-order valence-corrected chi connectivity index (χ0v) is 11.7. The summed E-state index contributed by atoms with van der Waals surface area (Å²) in [6.07, 6.45) is 1.86. The number of nitrogens with zero attached hydrogens (tertiary/aromatic N) is 2. The highest BCUT2D eigenvalue weighted by Crippen LogP contribution is 2.26. The van der Waals surface area contributed by atoms with Crippen molar-refractivity contribution in [1.82, 2.24) is 15.1 Å². The van der Waals surface area contributed by atoms with E-state index in [4.69, 9.17) is 4.74 Å². The van der Waals surface area contributed by atoms with E-state index in [2.05, 4.69) is 10.4 Å². The van der Waals surface area contributed by atoms with Gasteiger partial charge >= 0.3 is 0 Å². The molecule has 0 spiro atoms. The van der Waals surface area contributed by atoms with Crippen LogP contribution in [0.25, 0.3) is 0 Å². The SMILES string of the molecule is COc1ccc(C(=O)NCc2cn(C)nc2C)cc1O. The zero-order valence-electron chi connectivity index (χ0n) is 11.7. The number of nitrogens with one attached hydrogen (secondary N) is 1. The van der Waals surface area contributed by atoms with Gasteiger partial charge < -0.3 is 15.2 Å². The summed E-state index contributed by atoms with van der Waals surface area (Å²) < 4.78 is 6.64. The van der Waals surface area contributed by atoms with Gasteiger partial charge in [-0.25, -0.2) is 0 Å². The Hall–Kier alpha value is -2.50. The molecule has 1 aromatic carbocycles. The summed E-state index contributed by atoms with van der Waals surface area (Å²) in [5.41, 5.74) is 2.22. The zero-order chi connectivity index (χ0) is 14.7. The van der Waals surface area contributed by atoms with E-state index in [0.717, 1.165) is 11.3 Å². The fourth-order valence-corrected chi connectivity index (χ4v) is 1.93. The first-order valence-electron chi connectivity index (χ1n) is 6.15. The van der Waals surface area contributed by atoms with Gasteiger partial charge in [0.15, 0.2) is 11.5 Å². The molecule has 0 unspecified atom stereocenters. The Bertz CT molecular complexity index is 635. The molecule has 6 nitrogen and oxygen atoms in total. The highest BCUT2D eigenvalue weighted by molar-refractivity contribution is 5.94. The van der Waals surface area contributed by atoms with Crippen LogP contribution in [-0.4, -0.2) is 27.9 Å². The summed E-state index contributed by atoms with van der Waals surface area (Å²) in [6, 6.07) is 4.54. The van der Waals surface area contributed by atoms with Crippen molar-refractivity contribution in [2.75, 3.05) is 7.11 Å². The molecule has 0 bridgehead atoms. The summed E-state index contributed by atoms with van der Waals surface area (Å²) in [5, 5.41) is 16.7. The van der Waals surface area contributed by atoms with Gasteiger partial charge in [0.2, 0.25) is 0 Å². The van der Waals surface area contributed by atoms with E-state index < -0.39 is 0 Å². The summed E-state index contributed by atoms with van der Waals surface area (Å²) in [4.78, 5) is 12.0. The van der Waals surface area contributed by atoms with Crippen LogP contribution in [-0.2, 0) is 13.6 Å². The minimum absolute atomic E-state index is 0.0577. The molecule has 2 aromatic rings. The van der Waals surface area contributed by atoms with Gasteiger partial charge in [-0.3, -0.25) is 9.48 Å². The number of carbonyl (C=O) groups is 1. The minimum Gasteiger partial charge on any atom is -0.504 e. The second kappa shape index (κ2) is 5.64. The molecule has 0 atom stereocenters. The van der Waals surface area contributed by atoms with E-state index in [1.807, 2.05) is 20.2 Å². The molecule has 0 radical (unpaired) electrons. The van der Waals surface area contributed by atoms with E-state index in [1.165, 1.54) is 13.2 Å². The molecule has 0 fully saturated rings. The lowest BCUT2D eigenvalue weighted by molar-refractivity contribution is 0.0950. The highest BCUT2D eigenvalue weighted by Gasteiger charge is 2.10. The van der Waals surface area contributed by atoms with Crippen molar-refractivity contribution < 1.29 is 14.6 Å². The molecule has 20 heavy (non-hydrogen) atoms. The Labute approximate surface area is 117 Å². The number of hydrogen-bond acceptors (Lipinski definition) is 4. The number of aryl methyl sites for hydroxylation is 2. The minimum atomic E-state index is -0.258. The first-order valence-corrected chi connectivity index (χ1v) is 6.15. The monoisotopic (exact) mass is 275 g/mol. The topological polar surface area (TPSA) is 76.4 Å². The molecule has 0 aliphatic heterocycles. The van der Waals surface area contributed by atoms with Crippen LogP contribution < -0.4 is 10.1 Å². The first-order chi connectivity index (χ1) is 9.51. The van der Waals surface area contributed by atoms with Gasteiger partial charge in [0.1, 0.15) is 0 Å². The predicted octanol–water partition coefficient (Wildman–Crippen LogP) is 1.37. The first kappa shape index (κ1) is 13.9. The fraction of sp³-hybridized carbons (Fsp3) is 0.286. The van der Waals surface area contributed by atoms with Crippen LogP contribution in [0.15, 0.2) is 24.4 Å². The van der Waals surface area contributed by atoms with Crippen molar-refractivity contribution in [2.24, 2.45) is 7.05 Å². The second-order valence-electron chi connectivity index (χ2n) is 4.48. The lowest BCUT2D eigenvalue weighted by Gasteiger charge is -2.07. The Morgan fingerprint density at radius 2 is 2.25 bits per heavy atom. The van der Waals surface area contributed by atoms with E-state index in [9.17, 15) is 9.90 Å². The molecule has 106 valence electrons. The van der Waals surface area contributed by atoms with Gasteiger partial charge in [-0.2, -0.15) is 5.10 Å². The third-order valence-electron chi connectivity index (χ3n) is 3.00. The van der Waals surface area contributed by atoms with Crippen LogP contribution in [0.3, 0.4) is 0 Å². The van der Waals surface area contributed by atoms with Gasteiger partial charge in [0.05, 0.1) is 12.8 Å². The number of phenols is 1. The number of amides is 1. The molecule has 1 amide bonds. The molecule has 0 saturated carbocycles. The van der Waals surface area contributed by atoms with Gasteiger partial charge in [-0.15, -0.1) is 0 Å². The maximum absolute atomic E-state index is 12.0. The largest absolute Gasteiger partial charge is 0.504 e. The molecule has 0 saturated heterocycles. The Morgan fingerprint density at radius 3 is 2.80 bits per heavy atom. The van der Waals surface area contributed by atoms with E-state index >= 15 is 0 Å². The van der Waals surface area contributed by atoms with Crippen molar-refractivity contribution in [1.29, 1.82) is 0 Å². The van der Waals surface area contributed by atoms with Crippen LogP contribution in [0, 0.1) is 6.92 Å². The Balaban J connectivity index is 2.05. The lowest BCUT2D eigenvalue weighted by atomic mass is 10.2.